The fourth-order valence-electron chi connectivity index (χ4n) is 2.05. The van der Waals surface area contributed by atoms with Crippen LogP contribution < -0.4 is 10.2 Å². The zero-order valence-electron chi connectivity index (χ0n) is 10.7. The van der Waals surface area contributed by atoms with Gasteiger partial charge in [0.25, 0.3) is 0 Å². The summed E-state index contributed by atoms with van der Waals surface area (Å²) in [6.07, 6.45) is 0.907. The molecule has 0 aliphatic carbocycles. The molecule has 1 atom stereocenters. The van der Waals surface area contributed by atoms with E-state index in [9.17, 15) is 18.8 Å². The molecular formula is C13H12ClFN2O3. The van der Waals surface area contributed by atoms with Gasteiger partial charge in [0.2, 0.25) is 11.8 Å². The second-order valence-corrected chi connectivity index (χ2v) is 4.81. The number of benzene rings is 1. The second kappa shape index (κ2) is 5.58. The molecule has 1 aliphatic rings. The molecule has 1 aromatic rings. The number of barbiturate groups is 1. The molecule has 2 rings (SSSR count). The topological polar surface area (TPSA) is 66.5 Å². The minimum atomic E-state index is -0.961. The highest BCUT2D eigenvalue weighted by Crippen LogP contribution is 2.30. The van der Waals surface area contributed by atoms with Crippen LogP contribution in [0.1, 0.15) is 19.8 Å². The third-order valence-corrected chi connectivity index (χ3v) is 3.31. The number of nitrogens with zero attached hydrogens (tertiary/aromatic N) is 1. The number of amides is 4. The van der Waals surface area contributed by atoms with Gasteiger partial charge < -0.3 is 0 Å². The van der Waals surface area contributed by atoms with Crippen LogP contribution in [0.15, 0.2) is 18.2 Å². The quantitative estimate of drug-likeness (QED) is 0.872. The number of anilines is 1. The first-order valence-corrected chi connectivity index (χ1v) is 6.47. The predicted molar refractivity (Wildman–Crippen MR) is 70.8 cm³/mol. The number of carbonyl (C=O) groups excluding carboxylic acids is 3. The highest BCUT2D eigenvalue weighted by Gasteiger charge is 2.41. The van der Waals surface area contributed by atoms with E-state index in [1.165, 1.54) is 6.07 Å². The standard InChI is InChI=1S/C13H12ClFN2O3/c1-2-3-8-11(18)16-13(20)17(12(8)19)10-6-7(15)4-5-9(10)14/h4-6,8H,2-3H2,1H3,(H,16,18,20). The van der Waals surface area contributed by atoms with Crippen molar-refractivity contribution < 1.29 is 18.8 Å². The van der Waals surface area contributed by atoms with E-state index in [4.69, 9.17) is 11.6 Å². The Bertz CT molecular complexity index is 591. The van der Waals surface area contributed by atoms with Crippen LogP contribution >= 0.6 is 11.6 Å². The van der Waals surface area contributed by atoms with Crippen LogP contribution in [0.25, 0.3) is 0 Å². The molecule has 1 unspecified atom stereocenters. The summed E-state index contributed by atoms with van der Waals surface area (Å²) in [6, 6.07) is 2.43. The minimum Gasteiger partial charge on any atom is -0.277 e. The van der Waals surface area contributed by atoms with E-state index in [1.807, 2.05) is 6.92 Å². The molecular weight excluding hydrogens is 287 g/mol. The van der Waals surface area contributed by atoms with Crippen molar-refractivity contribution in [2.24, 2.45) is 5.92 Å². The van der Waals surface area contributed by atoms with E-state index in [-0.39, 0.29) is 10.7 Å². The maximum absolute atomic E-state index is 13.3. The van der Waals surface area contributed by atoms with Gasteiger partial charge in [0.15, 0.2) is 0 Å². The normalized spacial score (nSPS) is 19.2. The summed E-state index contributed by atoms with van der Waals surface area (Å²) in [5.41, 5.74) is -0.0669. The summed E-state index contributed by atoms with van der Waals surface area (Å²) in [6.45, 7) is 1.82. The van der Waals surface area contributed by atoms with Crippen molar-refractivity contribution in [3.8, 4) is 0 Å². The van der Waals surface area contributed by atoms with E-state index in [0.29, 0.717) is 17.7 Å². The second-order valence-electron chi connectivity index (χ2n) is 4.41. The lowest BCUT2D eigenvalue weighted by Crippen LogP contribution is -2.58. The summed E-state index contributed by atoms with van der Waals surface area (Å²) in [5, 5.41) is 2.14. The molecule has 106 valence electrons. The lowest BCUT2D eigenvalue weighted by atomic mass is 9.99. The van der Waals surface area contributed by atoms with Crippen LogP contribution in [0.2, 0.25) is 5.02 Å². The van der Waals surface area contributed by atoms with Crippen LogP contribution in [0.5, 0.6) is 0 Å². The Hall–Kier alpha value is -1.95. The molecule has 4 amide bonds. The van der Waals surface area contributed by atoms with E-state index in [0.717, 1.165) is 12.1 Å². The lowest BCUT2D eigenvalue weighted by molar-refractivity contribution is -0.134. The molecule has 1 heterocycles. The van der Waals surface area contributed by atoms with Gasteiger partial charge in [-0.25, -0.2) is 14.1 Å². The van der Waals surface area contributed by atoms with Crippen molar-refractivity contribution >= 4 is 35.1 Å². The van der Waals surface area contributed by atoms with E-state index < -0.39 is 29.6 Å². The zero-order valence-corrected chi connectivity index (χ0v) is 11.4. The van der Waals surface area contributed by atoms with E-state index >= 15 is 0 Å². The number of carbonyl (C=O) groups is 3. The number of halogens is 2. The summed E-state index contributed by atoms with van der Waals surface area (Å²) in [4.78, 5) is 36.4. The van der Waals surface area contributed by atoms with Crippen LogP contribution in [0.3, 0.4) is 0 Å². The molecule has 1 saturated heterocycles. The first-order valence-electron chi connectivity index (χ1n) is 6.09. The molecule has 1 fully saturated rings. The summed E-state index contributed by atoms with van der Waals surface area (Å²) >= 11 is 5.90. The largest absolute Gasteiger partial charge is 0.335 e. The first kappa shape index (κ1) is 14.5. The predicted octanol–water partition coefficient (Wildman–Crippen LogP) is 2.48. The zero-order chi connectivity index (χ0) is 14.9. The Morgan fingerprint density at radius 1 is 1.35 bits per heavy atom. The molecule has 0 spiro atoms. The Kier molecular flexibility index (Phi) is 4.04. The lowest BCUT2D eigenvalue weighted by Gasteiger charge is -2.30. The van der Waals surface area contributed by atoms with Crippen molar-refractivity contribution in [3.63, 3.8) is 0 Å². The van der Waals surface area contributed by atoms with Gasteiger partial charge >= 0.3 is 6.03 Å². The molecule has 0 aromatic heterocycles. The Morgan fingerprint density at radius 2 is 2.05 bits per heavy atom. The van der Waals surface area contributed by atoms with Crippen LogP contribution in [-0.4, -0.2) is 17.8 Å². The van der Waals surface area contributed by atoms with Gasteiger partial charge in [0.1, 0.15) is 11.7 Å². The highest BCUT2D eigenvalue weighted by molar-refractivity contribution is 6.36. The van der Waals surface area contributed by atoms with E-state index in [1.54, 1.807) is 0 Å². The van der Waals surface area contributed by atoms with Crippen LogP contribution in [0, 0.1) is 11.7 Å². The highest BCUT2D eigenvalue weighted by atomic mass is 35.5. The minimum absolute atomic E-state index is 0.0551. The smallest absolute Gasteiger partial charge is 0.277 e. The van der Waals surface area contributed by atoms with Gasteiger partial charge in [0.05, 0.1) is 10.7 Å². The van der Waals surface area contributed by atoms with Gasteiger partial charge in [-0.3, -0.25) is 14.9 Å². The maximum Gasteiger partial charge on any atom is 0.335 e. The summed E-state index contributed by atoms with van der Waals surface area (Å²) in [5.74, 6) is -2.91. The third-order valence-electron chi connectivity index (χ3n) is 2.99. The Balaban J connectivity index is 2.43. The molecule has 1 aliphatic heterocycles. The molecule has 7 heteroatoms. The number of hydrogen-bond donors (Lipinski definition) is 1. The molecule has 0 saturated carbocycles. The molecule has 20 heavy (non-hydrogen) atoms. The van der Waals surface area contributed by atoms with E-state index in [2.05, 4.69) is 5.32 Å². The number of rotatable bonds is 3. The SMILES string of the molecule is CCCC1C(=O)NC(=O)N(c2cc(F)ccc2Cl)C1=O. The number of urea groups is 1. The van der Waals surface area contributed by atoms with Gasteiger partial charge in [-0.15, -0.1) is 0 Å². The van der Waals surface area contributed by atoms with Gasteiger partial charge in [-0.1, -0.05) is 24.9 Å². The average molecular weight is 299 g/mol. The molecule has 0 radical (unpaired) electrons. The summed E-state index contributed by atoms with van der Waals surface area (Å²) in [7, 11) is 0. The molecule has 5 nitrogen and oxygen atoms in total. The van der Waals surface area contributed by atoms with Gasteiger partial charge in [-0.2, -0.15) is 0 Å². The third kappa shape index (κ3) is 2.51. The van der Waals surface area contributed by atoms with Gasteiger partial charge in [0, 0.05) is 0 Å². The average Bonchev–Trinajstić information content (AvgIpc) is 2.38. The van der Waals surface area contributed by atoms with Crippen molar-refractivity contribution in [1.82, 2.24) is 5.32 Å². The fourth-order valence-corrected chi connectivity index (χ4v) is 2.25. The first-order chi connectivity index (χ1) is 9.45. The van der Waals surface area contributed by atoms with Crippen molar-refractivity contribution in [2.45, 2.75) is 19.8 Å². The monoisotopic (exact) mass is 298 g/mol. The Morgan fingerprint density at radius 3 is 2.70 bits per heavy atom. The van der Waals surface area contributed by atoms with Crippen LogP contribution in [0.4, 0.5) is 14.9 Å². The van der Waals surface area contributed by atoms with Crippen molar-refractivity contribution in [2.75, 3.05) is 4.90 Å². The van der Waals surface area contributed by atoms with Crippen molar-refractivity contribution in [3.05, 3.63) is 29.0 Å². The number of nitrogens with one attached hydrogen (secondary N) is 1. The van der Waals surface area contributed by atoms with Gasteiger partial charge in [-0.05, 0) is 24.6 Å². The number of imide groups is 2. The Labute approximate surface area is 119 Å². The molecule has 0 bridgehead atoms. The summed E-state index contributed by atoms with van der Waals surface area (Å²) < 4.78 is 13.3. The number of hydrogen-bond acceptors (Lipinski definition) is 3. The van der Waals surface area contributed by atoms with Crippen molar-refractivity contribution in [1.29, 1.82) is 0 Å². The van der Waals surface area contributed by atoms with Crippen LogP contribution in [-0.2, 0) is 9.59 Å². The maximum atomic E-state index is 13.3. The fraction of sp³-hybridized carbons (Fsp3) is 0.308. The molecule has 1 aromatic carbocycles. The molecule has 1 N–H and O–H groups in total.